The van der Waals surface area contributed by atoms with Crippen LogP contribution in [0.5, 0.6) is 0 Å². The van der Waals surface area contributed by atoms with Crippen molar-refractivity contribution in [3.63, 3.8) is 0 Å². The third-order valence-corrected chi connectivity index (χ3v) is 6.16. The number of nitrogens with zero attached hydrogens (tertiary/aromatic N) is 4. The lowest BCUT2D eigenvalue weighted by atomic mass is 10.0. The van der Waals surface area contributed by atoms with Crippen molar-refractivity contribution in [1.29, 1.82) is 0 Å². The molecule has 1 aromatic heterocycles. The van der Waals surface area contributed by atoms with Gasteiger partial charge in [-0.15, -0.1) is 0 Å². The van der Waals surface area contributed by atoms with Crippen LogP contribution in [0.2, 0.25) is 10.0 Å². The fourth-order valence-corrected chi connectivity index (χ4v) is 4.28. The molecule has 1 aliphatic rings. The van der Waals surface area contributed by atoms with Gasteiger partial charge in [0.15, 0.2) is 0 Å². The van der Waals surface area contributed by atoms with Crippen LogP contribution in [0.15, 0.2) is 59.5 Å². The van der Waals surface area contributed by atoms with Crippen LogP contribution in [0.3, 0.4) is 0 Å². The maximum absolute atomic E-state index is 13.7. The summed E-state index contributed by atoms with van der Waals surface area (Å²) in [5.74, 6) is 0. The lowest BCUT2D eigenvalue weighted by Gasteiger charge is -2.37. The summed E-state index contributed by atoms with van der Waals surface area (Å²) in [5, 5.41) is 5.62. The minimum absolute atomic E-state index is 0.214. The first kappa shape index (κ1) is 25.1. The van der Waals surface area contributed by atoms with Gasteiger partial charge in [0.25, 0.3) is 5.56 Å². The van der Waals surface area contributed by atoms with Crippen LogP contribution in [0.1, 0.15) is 31.9 Å². The van der Waals surface area contributed by atoms with E-state index in [2.05, 4.69) is 10.00 Å². The molecule has 7 nitrogen and oxygen atoms in total. The number of carbonyl (C=O) groups excluding carboxylic acids is 1. The van der Waals surface area contributed by atoms with Gasteiger partial charge in [-0.05, 0) is 56.7 Å². The summed E-state index contributed by atoms with van der Waals surface area (Å²) < 4.78 is 6.88. The number of anilines is 1. The topological polar surface area (TPSA) is 67.7 Å². The molecule has 1 aliphatic heterocycles. The number of ether oxygens (including phenoxy) is 1. The van der Waals surface area contributed by atoms with Crippen molar-refractivity contribution in [3.8, 4) is 5.69 Å². The lowest BCUT2D eigenvalue weighted by Crippen LogP contribution is -2.50. The predicted molar refractivity (Wildman–Crippen MR) is 139 cm³/mol. The summed E-state index contributed by atoms with van der Waals surface area (Å²) in [6, 6.07) is 14.5. The van der Waals surface area contributed by atoms with Crippen LogP contribution >= 0.6 is 23.2 Å². The fraction of sp³-hybridized carbons (Fsp3) is 0.346. The van der Waals surface area contributed by atoms with Crippen LogP contribution < -0.4 is 10.5 Å². The van der Waals surface area contributed by atoms with Crippen LogP contribution in [-0.4, -0.2) is 52.6 Å². The van der Waals surface area contributed by atoms with Gasteiger partial charge < -0.3 is 14.5 Å². The molecule has 1 saturated heterocycles. The van der Waals surface area contributed by atoms with Crippen molar-refractivity contribution in [1.82, 2.24) is 14.7 Å². The number of halogens is 2. The molecule has 0 unspecified atom stereocenters. The summed E-state index contributed by atoms with van der Waals surface area (Å²) in [6.45, 7) is 7.67. The molecule has 0 bridgehead atoms. The molecule has 0 atom stereocenters. The van der Waals surface area contributed by atoms with Gasteiger partial charge in [0, 0.05) is 48.2 Å². The fourth-order valence-electron chi connectivity index (χ4n) is 3.97. The summed E-state index contributed by atoms with van der Waals surface area (Å²) in [4.78, 5) is 29.9. The SMILES string of the molecule is CC(C)(C)OC(=O)N1CCN(c2cnn(-c3cccc(Cl)c3)c(=O)c2Cc2ccc(Cl)cc2)CC1. The van der Waals surface area contributed by atoms with E-state index in [1.165, 1.54) is 4.68 Å². The standard InChI is InChI=1S/C26H28Cl2N4O3/c1-26(2,3)35-25(34)31-13-11-30(12-14-31)23-17-29-32(21-6-4-5-20(28)16-21)24(33)22(23)15-18-7-9-19(27)10-8-18/h4-10,16-17H,11-15H2,1-3H3. The number of rotatable bonds is 4. The Morgan fingerprint density at radius 1 is 1.00 bits per heavy atom. The molecule has 3 aromatic rings. The Morgan fingerprint density at radius 3 is 2.31 bits per heavy atom. The molecule has 2 aromatic carbocycles. The smallest absolute Gasteiger partial charge is 0.410 e. The Morgan fingerprint density at radius 2 is 1.69 bits per heavy atom. The average Bonchev–Trinajstić information content (AvgIpc) is 2.81. The van der Waals surface area contributed by atoms with E-state index >= 15 is 0 Å². The number of amides is 1. The number of aromatic nitrogens is 2. The Bertz CT molecular complexity index is 1260. The monoisotopic (exact) mass is 514 g/mol. The second-order valence-corrected chi connectivity index (χ2v) is 10.3. The first-order valence-electron chi connectivity index (χ1n) is 11.5. The van der Waals surface area contributed by atoms with Crippen molar-refractivity contribution in [2.24, 2.45) is 0 Å². The quantitative estimate of drug-likeness (QED) is 0.479. The third-order valence-electron chi connectivity index (χ3n) is 5.67. The van der Waals surface area contributed by atoms with Gasteiger partial charge >= 0.3 is 6.09 Å². The highest BCUT2D eigenvalue weighted by Gasteiger charge is 2.28. The molecule has 2 heterocycles. The van der Waals surface area contributed by atoms with Gasteiger partial charge in [0.2, 0.25) is 0 Å². The first-order chi connectivity index (χ1) is 16.6. The predicted octanol–water partition coefficient (Wildman–Crippen LogP) is 5.19. The zero-order valence-electron chi connectivity index (χ0n) is 20.0. The molecule has 1 fully saturated rings. The van der Waals surface area contributed by atoms with Crippen LogP contribution in [0, 0.1) is 0 Å². The maximum atomic E-state index is 13.7. The Kier molecular flexibility index (Phi) is 7.38. The van der Waals surface area contributed by atoms with Gasteiger partial charge in [0.05, 0.1) is 17.6 Å². The van der Waals surface area contributed by atoms with E-state index < -0.39 is 5.60 Å². The zero-order chi connectivity index (χ0) is 25.2. The minimum Gasteiger partial charge on any atom is -0.444 e. The van der Waals surface area contributed by atoms with E-state index in [9.17, 15) is 9.59 Å². The highest BCUT2D eigenvalue weighted by atomic mass is 35.5. The first-order valence-corrected chi connectivity index (χ1v) is 12.2. The Hall–Kier alpha value is -3.03. The average molecular weight is 515 g/mol. The molecular weight excluding hydrogens is 487 g/mol. The molecule has 0 spiro atoms. The zero-order valence-corrected chi connectivity index (χ0v) is 21.5. The molecule has 0 N–H and O–H groups in total. The summed E-state index contributed by atoms with van der Waals surface area (Å²) >= 11 is 12.2. The number of carbonyl (C=O) groups is 1. The highest BCUT2D eigenvalue weighted by Crippen LogP contribution is 2.24. The van der Waals surface area contributed by atoms with E-state index in [1.807, 2.05) is 45.0 Å². The van der Waals surface area contributed by atoms with Crippen molar-refractivity contribution in [3.05, 3.63) is 86.3 Å². The van der Waals surface area contributed by atoms with E-state index in [1.54, 1.807) is 35.4 Å². The second kappa shape index (κ2) is 10.3. The highest BCUT2D eigenvalue weighted by molar-refractivity contribution is 6.30. The summed E-state index contributed by atoms with van der Waals surface area (Å²) in [6.07, 6.45) is 1.81. The molecule has 0 radical (unpaired) electrons. The van der Waals surface area contributed by atoms with Crippen molar-refractivity contribution in [2.75, 3.05) is 31.1 Å². The van der Waals surface area contributed by atoms with E-state index in [0.29, 0.717) is 53.9 Å². The van der Waals surface area contributed by atoms with Crippen LogP contribution in [0.25, 0.3) is 5.69 Å². The molecule has 0 aliphatic carbocycles. The van der Waals surface area contributed by atoms with Gasteiger partial charge in [-0.1, -0.05) is 41.4 Å². The molecule has 9 heteroatoms. The van der Waals surface area contributed by atoms with Gasteiger partial charge in [-0.3, -0.25) is 4.79 Å². The number of piperazine rings is 1. The van der Waals surface area contributed by atoms with Crippen LogP contribution in [0.4, 0.5) is 10.5 Å². The van der Waals surface area contributed by atoms with E-state index in [4.69, 9.17) is 27.9 Å². The van der Waals surface area contributed by atoms with Gasteiger partial charge in [-0.2, -0.15) is 9.78 Å². The van der Waals surface area contributed by atoms with Gasteiger partial charge in [-0.25, -0.2) is 4.79 Å². The molecule has 0 saturated carbocycles. The number of hydrogen-bond donors (Lipinski definition) is 0. The number of hydrogen-bond acceptors (Lipinski definition) is 5. The van der Waals surface area contributed by atoms with E-state index in [0.717, 1.165) is 11.3 Å². The van der Waals surface area contributed by atoms with Crippen molar-refractivity contribution >= 4 is 35.0 Å². The number of benzene rings is 2. The maximum Gasteiger partial charge on any atom is 0.410 e. The Balaban J connectivity index is 1.65. The molecular formula is C26H28Cl2N4O3. The lowest BCUT2D eigenvalue weighted by molar-refractivity contribution is 0.0240. The van der Waals surface area contributed by atoms with Crippen LogP contribution in [-0.2, 0) is 11.2 Å². The molecule has 1 amide bonds. The van der Waals surface area contributed by atoms with Gasteiger partial charge in [0.1, 0.15) is 5.60 Å². The normalized spacial score (nSPS) is 14.2. The van der Waals surface area contributed by atoms with Crippen molar-refractivity contribution < 1.29 is 9.53 Å². The summed E-state index contributed by atoms with van der Waals surface area (Å²) in [5.41, 5.74) is 2.17. The third kappa shape index (κ3) is 6.16. The largest absolute Gasteiger partial charge is 0.444 e. The minimum atomic E-state index is -0.547. The second-order valence-electron chi connectivity index (χ2n) is 9.46. The summed E-state index contributed by atoms with van der Waals surface area (Å²) in [7, 11) is 0. The molecule has 35 heavy (non-hydrogen) atoms. The Labute approximate surface area is 214 Å². The van der Waals surface area contributed by atoms with E-state index in [-0.39, 0.29) is 11.7 Å². The molecule has 4 rings (SSSR count). The van der Waals surface area contributed by atoms with Crippen molar-refractivity contribution in [2.45, 2.75) is 32.8 Å². The molecule has 184 valence electrons.